The van der Waals surface area contributed by atoms with Crippen molar-refractivity contribution in [3.05, 3.63) is 29.3 Å². The lowest BCUT2D eigenvalue weighted by Crippen LogP contribution is -1.99. The van der Waals surface area contributed by atoms with Crippen LogP contribution in [0.15, 0.2) is 18.2 Å². The first-order chi connectivity index (χ1) is 7.54. The smallest absolute Gasteiger partial charge is 0.130 e. The average Bonchev–Trinajstić information content (AvgIpc) is 2.25. The van der Waals surface area contributed by atoms with Crippen LogP contribution in [0.5, 0.6) is 5.75 Å². The maximum absolute atomic E-state index is 11.0. The van der Waals surface area contributed by atoms with Gasteiger partial charge in [-0.1, -0.05) is 26.0 Å². The molecular formula is C14H20O2. The number of ether oxygens (including phenoxy) is 1. The SMILES string of the molecule is COc1ccc(C(C)C)cc1CCC(C)=O. The molecule has 2 nitrogen and oxygen atoms in total. The predicted octanol–water partition coefficient (Wildman–Crippen LogP) is 3.34. The van der Waals surface area contributed by atoms with Gasteiger partial charge in [0, 0.05) is 6.42 Å². The second-order valence-corrected chi connectivity index (χ2v) is 4.43. The molecule has 0 radical (unpaired) electrons. The molecule has 0 saturated carbocycles. The Balaban J connectivity index is 2.92. The van der Waals surface area contributed by atoms with Crippen LogP contribution >= 0.6 is 0 Å². The van der Waals surface area contributed by atoms with E-state index in [1.54, 1.807) is 14.0 Å². The third kappa shape index (κ3) is 3.37. The lowest BCUT2D eigenvalue weighted by molar-refractivity contribution is -0.116. The summed E-state index contributed by atoms with van der Waals surface area (Å²) < 4.78 is 5.30. The maximum Gasteiger partial charge on any atom is 0.130 e. The van der Waals surface area contributed by atoms with Crippen molar-refractivity contribution in [2.24, 2.45) is 0 Å². The highest BCUT2D eigenvalue weighted by Crippen LogP contribution is 2.25. The minimum atomic E-state index is 0.219. The summed E-state index contributed by atoms with van der Waals surface area (Å²) in [5, 5.41) is 0. The van der Waals surface area contributed by atoms with Crippen molar-refractivity contribution in [2.75, 3.05) is 7.11 Å². The Kier molecular flexibility index (Phi) is 4.53. The normalized spacial score (nSPS) is 10.6. The molecule has 0 amide bonds. The third-order valence-electron chi connectivity index (χ3n) is 2.72. The molecule has 1 aromatic carbocycles. The van der Waals surface area contributed by atoms with Crippen LogP contribution in [0.4, 0.5) is 0 Å². The average molecular weight is 220 g/mol. The second-order valence-electron chi connectivity index (χ2n) is 4.43. The van der Waals surface area contributed by atoms with Crippen molar-refractivity contribution >= 4 is 5.78 Å². The number of rotatable bonds is 5. The summed E-state index contributed by atoms with van der Waals surface area (Å²) in [6.45, 7) is 5.95. The number of methoxy groups -OCH3 is 1. The molecule has 16 heavy (non-hydrogen) atoms. The number of ketones is 1. The fourth-order valence-corrected chi connectivity index (χ4v) is 1.66. The van der Waals surface area contributed by atoms with E-state index >= 15 is 0 Å². The molecule has 0 atom stereocenters. The summed E-state index contributed by atoms with van der Waals surface area (Å²) in [4.78, 5) is 11.0. The van der Waals surface area contributed by atoms with Gasteiger partial charge in [-0.05, 0) is 36.5 Å². The molecule has 88 valence electrons. The van der Waals surface area contributed by atoms with Gasteiger partial charge in [-0.2, -0.15) is 0 Å². The first-order valence-corrected chi connectivity index (χ1v) is 5.71. The van der Waals surface area contributed by atoms with Crippen molar-refractivity contribution < 1.29 is 9.53 Å². The van der Waals surface area contributed by atoms with E-state index in [2.05, 4.69) is 26.0 Å². The van der Waals surface area contributed by atoms with Crippen LogP contribution in [-0.2, 0) is 11.2 Å². The first kappa shape index (κ1) is 12.8. The van der Waals surface area contributed by atoms with E-state index in [-0.39, 0.29) is 5.78 Å². The van der Waals surface area contributed by atoms with Crippen molar-refractivity contribution in [3.8, 4) is 5.75 Å². The van der Waals surface area contributed by atoms with Gasteiger partial charge in [-0.25, -0.2) is 0 Å². The van der Waals surface area contributed by atoms with Crippen molar-refractivity contribution in [2.45, 2.75) is 39.5 Å². The Morgan fingerprint density at radius 1 is 1.38 bits per heavy atom. The summed E-state index contributed by atoms with van der Waals surface area (Å²) >= 11 is 0. The highest BCUT2D eigenvalue weighted by Gasteiger charge is 2.07. The molecule has 1 rings (SSSR count). The molecule has 0 saturated heterocycles. The zero-order valence-electron chi connectivity index (χ0n) is 10.5. The predicted molar refractivity (Wildman–Crippen MR) is 66.1 cm³/mol. The standard InChI is InChI=1S/C14H20O2/c1-10(2)12-7-8-14(16-4)13(9-12)6-5-11(3)15/h7-10H,5-6H2,1-4H3. The first-order valence-electron chi connectivity index (χ1n) is 5.71. The topological polar surface area (TPSA) is 26.3 Å². The molecule has 1 aromatic rings. The van der Waals surface area contributed by atoms with Gasteiger partial charge in [-0.15, -0.1) is 0 Å². The van der Waals surface area contributed by atoms with E-state index in [0.717, 1.165) is 17.7 Å². The number of Topliss-reactive ketones (excluding diaryl/α,β-unsaturated/α-hetero) is 1. The zero-order valence-corrected chi connectivity index (χ0v) is 10.5. The summed E-state index contributed by atoms with van der Waals surface area (Å²) in [5.74, 6) is 1.60. The lowest BCUT2D eigenvalue weighted by Gasteiger charge is -2.12. The quantitative estimate of drug-likeness (QED) is 0.760. The highest BCUT2D eigenvalue weighted by atomic mass is 16.5. The van der Waals surface area contributed by atoms with Gasteiger partial charge in [0.25, 0.3) is 0 Å². The number of benzene rings is 1. The van der Waals surface area contributed by atoms with Crippen LogP contribution < -0.4 is 4.74 Å². The number of carbonyl (C=O) groups excluding carboxylic acids is 1. The fourth-order valence-electron chi connectivity index (χ4n) is 1.66. The number of hydrogen-bond acceptors (Lipinski definition) is 2. The molecule has 0 spiro atoms. The van der Waals surface area contributed by atoms with Gasteiger partial charge >= 0.3 is 0 Å². The zero-order chi connectivity index (χ0) is 12.1. The van der Waals surface area contributed by atoms with Crippen molar-refractivity contribution in [1.82, 2.24) is 0 Å². The summed E-state index contributed by atoms with van der Waals surface area (Å²) in [6.07, 6.45) is 1.34. The van der Waals surface area contributed by atoms with E-state index in [9.17, 15) is 4.79 Å². The van der Waals surface area contributed by atoms with Gasteiger partial charge in [0.2, 0.25) is 0 Å². The largest absolute Gasteiger partial charge is 0.496 e. The Bertz CT molecular complexity index is 367. The second kappa shape index (κ2) is 5.69. The van der Waals surface area contributed by atoms with Gasteiger partial charge in [0.1, 0.15) is 11.5 Å². The van der Waals surface area contributed by atoms with Crippen LogP contribution in [0.3, 0.4) is 0 Å². The van der Waals surface area contributed by atoms with E-state index in [1.165, 1.54) is 5.56 Å². The van der Waals surface area contributed by atoms with Crippen LogP contribution in [0.2, 0.25) is 0 Å². The van der Waals surface area contributed by atoms with Crippen LogP contribution in [0.25, 0.3) is 0 Å². The molecule has 0 N–H and O–H groups in total. The van der Waals surface area contributed by atoms with E-state index in [1.807, 2.05) is 6.07 Å². The summed E-state index contributed by atoms with van der Waals surface area (Å²) in [5.41, 5.74) is 2.42. The maximum atomic E-state index is 11.0. The lowest BCUT2D eigenvalue weighted by atomic mass is 9.98. The van der Waals surface area contributed by atoms with E-state index < -0.39 is 0 Å². The van der Waals surface area contributed by atoms with Gasteiger partial charge in [0.05, 0.1) is 7.11 Å². The molecule has 0 unspecified atom stereocenters. The summed E-state index contributed by atoms with van der Waals surface area (Å²) in [7, 11) is 1.67. The molecule has 2 heteroatoms. The molecule has 0 heterocycles. The number of hydrogen-bond donors (Lipinski definition) is 0. The Morgan fingerprint density at radius 2 is 2.06 bits per heavy atom. The number of carbonyl (C=O) groups is 1. The monoisotopic (exact) mass is 220 g/mol. The Morgan fingerprint density at radius 3 is 2.56 bits per heavy atom. The Hall–Kier alpha value is -1.31. The van der Waals surface area contributed by atoms with Crippen LogP contribution in [0.1, 0.15) is 44.2 Å². The van der Waals surface area contributed by atoms with Crippen LogP contribution in [-0.4, -0.2) is 12.9 Å². The number of aryl methyl sites for hydroxylation is 1. The van der Waals surface area contributed by atoms with E-state index in [4.69, 9.17) is 4.74 Å². The molecule has 0 aliphatic heterocycles. The Labute approximate surface area is 97.6 Å². The van der Waals surface area contributed by atoms with Gasteiger partial charge in [0.15, 0.2) is 0 Å². The summed E-state index contributed by atoms with van der Waals surface area (Å²) in [6, 6.07) is 6.22. The minimum Gasteiger partial charge on any atom is -0.496 e. The minimum absolute atomic E-state index is 0.219. The molecule has 0 fully saturated rings. The molecule has 0 aromatic heterocycles. The fraction of sp³-hybridized carbons (Fsp3) is 0.500. The molecule has 0 bridgehead atoms. The van der Waals surface area contributed by atoms with Gasteiger partial charge in [-0.3, -0.25) is 0 Å². The molecule has 0 aliphatic rings. The molecular weight excluding hydrogens is 200 g/mol. The molecule has 0 aliphatic carbocycles. The van der Waals surface area contributed by atoms with E-state index in [0.29, 0.717) is 12.3 Å². The van der Waals surface area contributed by atoms with Crippen molar-refractivity contribution in [1.29, 1.82) is 0 Å². The van der Waals surface area contributed by atoms with Gasteiger partial charge < -0.3 is 9.53 Å². The third-order valence-corrected chi connectivity index (χ3v) is 2.72. The van der Waals surface area contributed by atoms with Crippen molar-refractivity contribution in [3.63, 3.8) is 0 Å². The highest BCUT2D eigenvalue weighted by molar-refractivity contribution is 5.75. The van der Waals surface area contributed by atoms with Crippen LogP contribution in [0, 0.1) is 0 Å².